The van der Waals surface area contributed by atoms with E-state index in [-0.39, 0.29) is 13.0 Å². The molecule has 0 spiro atoms. The second-order valence-corrected chi connectivity index (χ2v) is 2.82. The Hall–Kier alpha value is -1.59. The summed E-state index contributed by atoms with van der Waals surface area (Å²) >= 11 is 0. The van der Waals surface area contributed by atoms with E-state index in [1.807, 2.05) is 0 Å². The maximum absolute atomic E-state index is 11.0. The van der Waals surface area contributed by atoms with Crippen molar-refractivity contribution in [2.75, 3.05) is 6.61 Å². The number of rotatable bonds is 6. The lowest BCUT2D eigenvalue weighted by Crippen LogP contribution is -2.31. The lowest BCUT2D eigenvalue weighted by atomic mass is 10.2. The van der Waals surface area contributed by atoms with E-state index in [1.165, 1.54) is 0 Å². The minimum absolute atomic E-state index is 0.191. The van der Waals surface area contributed by atoms with Crippen LogP contribution in [0.2, 0.25) is 0 Å². The van der Waals surface area contributed by atoms with Crippen molar-refractivity contribution in [1.29, 1.82) is 0 Å². The monoisotopic (exact) mass is 217 g/mol. The molecule has 0 rings (SSSR count). The van der Waals surface area contributed by atoms with E-state index in [4.69, 9.17) is 0 Å². The molecule has 0 saturated heterocycles. The zero-order valence-electron chi connectivity index (χ0n) is 8.65. The predicted octanol–water partition coefficient (Wildman–Crippen LogP) is -0.989. The van der Waals surface area contributed by atoms with Crippen LogP contribution in [0.5, 0.6) is 0 Å². The van der Waals surface area contributed by atoms with Crippen LogP contribution < -0.4 is 5.11 Å². The molecule has 6 nitrogen and oxygen atoms in total. The molecule has 0 heterocycles. The Labute approximate surface area is 87.2 Å². The highest BCUT2D eigenvalue weighted by Gasteiger charge is 2.17. The van der Waals surface area contributed by atoms with Gasteiger partial charge in [0.15, 0.2) is 0 Å². The Bertz CT molecular complexity index is 231. The minimum atomic E-state index is -1.38. The third-order valence-electron chi connectivity index (χ3n) is 1.43. The van der Waals surface area contributed by atoms with Crippen LogP contribution in [-0.4, -0.2) is 30.6 Å². The van der Waals surface area contributed by atoms with E-state index >= 15 is 0 Å². The van der Waals surface area contributed by atoms with Gasteiger partial charge in [-0.15, -0.1) is 0 Å². The number of hydrogen-bond acceptors (Lipinski definition) is 6. The Kier molecular flexibility index (Phi) is 6.08. The fourth-order valence-corrected chi connectivity index (χ4v) is 0.982. The fourth-order valence-electron chi connectivity index (χ4n) is 0.982. The average molecular weight is 217 g/mol. The molecule has 0 amide bonds. The third-order valence-corrected chi connectivity index (χ3v) is 1.43. The lowest BCUT2D eigenvalue weighted by Gasteiger charge is -2.16. The molecule has 86 valence electrons. The van der Waals surface area contributed by atoms with Gasteiger partial charge in [-0.05, 0) is 6.92 Å². The molecule has 0 aliphatic rings. The molecule has 0 aliphatic carbocycles. The number of aliphatic carboxylic acids is 1. The molecule has 15 heavy (non-hydrogen) atoms. The highest BCUT2D eigenvalue weighted by atomic mass is 16.6. The van der Waals surface area contributed by atoms with Crippen LogP contribution in [0.25, 0.3) is 0 Å². The van der Waals surface area contributed by atoms with Crippen molar-refractivity contribution >= 4 is 17.9 Å². The van der Waals surface area contributed by atoms with Gasteiger partial charge in [-0.3, -0.25) is 9.59 Å². The van der Waals surface area contributed by atoms with Crippen molar-refractivity contribution in [3.05, 3.63) is 0 Å². The molecule has 0 aromatic heterocycles. The van der Waals surface area contributed by atoms with Crippen LogP contribution in [0.15, 0.2) is 0 Å². The van der Waals surface area contributed by atoms with Crippen molar-refractivity contribution in [3.63, 3.8) is 0 Å². The van der Waals surface area contributed by atoms with Gasteiger partial charge in [0.1, 0.15) is 6.10 Å². The molecule has 0 radical (unpaired) electrons. The van der Waals surface area contributed by atoms with Crippen LogP contribution in [0.1, 0.15) is 26.7 Å². The van der Waals surface area contributed by atoms with E-state index < -0.39 is 30.4 Å². The molecular formula is C9H13O6-. The summed E-state index contributed by atoms with van der Waals surface area (Å²) in [6, 6.07) is 0. The van der Waals surface area contributed by atoms with Gasteiger partial charge in [0.25, 0.3) is 0 Å². The number of carboxylic acid groups (broad SMARTS) is 1. The van der Waals surface area contributed by atoms with Gasteiger partial charge >= 0.3 is 11.9 Å². The molecular weight excluding hydrogens is 204 g/mol. The van der Waals surface area contributed by atoms with E-state index in [1.54, 1.807) is 6.92 Å². The fraction of sp³-hybridized carbons (Fsp3) is 0.667. The highest BCUT2D eigenvalue weighted by molar-refractivity contribution is 5.73. The lowest BCUT2D eigenvalue weighted by molar-refractivity contribution is -0.307. The van der Waals surface area contributed by atoms with Crippen LogP contribution >= 0.6 is 0 Å². The van der Waals surface area contributed by atoms with Gasteiger partial charge in [0.05, 0.1) is 13.0 Å². The summed E-state index contributed by atoms with van der Waals surface area (Å²) in [5, 5.41) is 10.3. The number of carboxylic acids is 1. The van der Waals surface area contributed by atoms with Crippen LogP contribution in [0.3, 0.4) is 0 Å². The summed E-state index contributed by atoms with van der Waals surface area (Å²) in [5.41, 5.74) is 0. The Morgan fingerprint density at radius 2 is 1.87 bits per heavy atom. The van der Waals surface area contributed by atoms with Crippen LogP contribution in [0.4, 0.5) is 0 Å². The second kappa shape index (κ2) is 6.80. The normalized spacial score (nSPS) is 11.6. The maximum Gasteiger partial charge on any atom is 0.309 e. The summed E-state index contributed by atoms with van der Waals surface area (Å²) in [4.78, 5) is 31.9. The molecule has 0 aromatic rings. The van der Waals surface area contributed by atoms with Gasteiger partial charge in [0.2, 0.25) is 0 Å². The zero-order chi connectivity index (χ0) is 11.8. The first-order chi connectivity index (χ1) is 6.95. The molecule has 0 aromatic carbocycles. The third kappa shape index (κ3) is 7.48. The van der Waals surface area contributed by atoms with E-state index in [9.17, 15) is 19.5 Å². The van der Waals surface area contributed by atoms with Gasteiger partial charge in [0, 0.05) is 19.3 Å². The Balaban J connectivity index is 4.16. The Morgan fingerprint density at radius 3 is 2.27 bits per heavy atom. The van der Waals surface area contributed by atoms with Crippen molar-refractivity contribution in [1.82, 2.24) is 0 Å². The van der Waals surface area contributed by atoms with Crippen molar-refractivity contribution in [3.8, 4) is 0 Å². The molecule has 0 aliphatic heterocycles. The van der Waals surface area contributed by atoms with Crippen molar-refractivity contribution < 1.29 is 29.0 Å². The molecule has 6 heteroatoms. The number of ether oxygens (including phenoxy) is 2. The molecule has 0 fully saturated rings. The quantitative estimate of drug-likeness (QED) is 0.530. The van der Waals surface area contributed by atoms with Gasteiger partial charge < -0.3 is 19.4 Å². The minimum Gasteiger partial charge on any atom is -0.550 e. The number of carbonyl (C=O) groups excluding carboxylic acids is 3. The van der Waals surface area contributed by atoms with Crippen LogP contribution in [0, 0.1) is 0 Å². The standard InChI is InChI=1S/C9H14O6/c1-3-14-9(13)5-7(4-8(11)12)15-6(2)10/h7H,3-5H2,1-2H3,(H,11,12)/p-1/t7-/m1/s1. The number of esters is 2. The van der Waals surface area contributed by atoms with Gasteiger partial charge in [-0.1, -0.05) is 0 Å². The van der Waals surface area contributed by atoms with E-state index in [0.29, 0.717) is 0 Å². The van der Waals surface area contributed by atoms with Gasteiger partial charge in [-0.25, -0.2) is 0 Å². The Morgan fingerprint density at radius 1 is 1.27 bits per heavy atom. The van der Waals surface area contributed by atoms with Crippen LogP contribution in [-0.2, 0) is 23.9 Å². The zero-order valence-corrected chi connectivity index (χ0v) is 8.65. The maximum atomic E-state index is 11.0. The van der Waals surface area contributed by atoms with Crippen molar-refractivity contribution in [2.45, 2.75) is 32.8 Å². The number of hydrogen-bond donors (Lipinski definition) is 0. The van der Waals surface area contributed by atoms with E-state index in [2.05, 4.69) is 9.47 Å². The summed E-state index contributed by atoms with van der Waals surface area (Å²) in [6.07, 6.45) is -1.81. The SMILES string of the molecule is CCOC(=O)C[C@@H](CC(=O)[O-])OC(C)=O. The average Bonchev–Trinajstić information content (AvgIpc) is 2.00. The first kappa shape index (κ1) is 13.4. The van der Waals surface area contributed by atoms with Crippen molar-refractivity contribution in [2.24, 2.45) is 0 Å². The molecule has 0 unspecified atom stereocenters. The summed E-state index contributed by atoms with van der Waals surface area (Å²) in [5.74, 6) is -2.64. The first-order valence-corrected chi connectivity index (χ1v) is 4.48. The second-order valence-electron chi connectivity index (χ2n) is 2.82. The summed E-state index contributed by atoms with van der Waals surface area (Å²) in [6.45, 7) is 2.95. The number of carbonyl (C=O) groups is 3. The van der Waals surface area contributed by atoms with Gasteiger partial charge in [-0.2, -0.15) is 0 Å². The van der Waals surface area contributed by atoms with E-state index in [0.717, 1.165) is 6.92 Å². The molecule has 0 saturated carbocycles. The molecule has 1 atom stereocenters. The topological polar surface area (TPSA) is 92.7 Å². The largest absolute Gasteiger partial charge is 0.550 e. The highest BCUT2D eigenvalue weighted by Crippen LogP contribution is 2.05. The predicted molar refractivity (Wildman–Crippen MR) is 46.4 cm³/mol. The smallest absolute Gasteiger partial charge is 0.309 e. The summed E-state index contributed by atoms with van der Waals surface area (Å²) in [7, 11) is 0. The molecule has 0 bridgehead atoms. The molecule has 0 N–H and O–H groups in total. The summed E-state index contributed by atoms with van der Waals surface area (Å²) < 4.78 is 9.21. The first-order valence-electron chi connectivity index (χ1n) is 4.48.